The van der Waals surface area contributed by atoms with Crippen molar-refractivity contribution in [3.63, 3.8) is 0 Å². The zero-order chi connectivity index (χ0) is 20.2. The van der Waals surface area contributed by atoms with E-state index in [0.717, 1.165) is 56.8 Å². The second-order valence-electron chi connectivity index (χ2n) is 7.70. The molecule has 0 saturated carbocycles. The Bertz CT molecular complexity index is 953. The number of rotatable bonds is 6. The molecule has 1 saturated heterocycles. The highest BCUT2D eigenvalue weighted by Gasteiger charge is 2.25. The van der Waals surface area contributed by atoms with Crippen LogP contribution in [0.1, 0.15) is 42.4 Å². The lowest BCUT2D eigenvalue weighted by atomic mass is 9.93. The van der Waals surface area contributed by atoms with Gasteiger partial charge in [0.25, 0.3) is 5.91 Å². The zero-order valence-corrected chi connectivity index (χ0v) is 17.2. The van der Waals surface area contributed by atoms with Crippen molar-refractivity contribution >= 4 is 5.91 Å². The molecule has 0 bridgehead atoms. The summed E-state index contributed by atoms with van der Waals surface area (Å²) in [6.07, 6.45) is 10.6. The molecule has 1 aliphatic rings. The van der Waals surface area contributed by atoms with Crippen LogP contribution in [-0.4, -0.2) is 48.2 Å². The predicted molar refractivity (Wildman–Crippen MR) is 111 cm³/mol. The van der Waals surface area contributed by atoms with Gasteiger partial charge in [0, 0.05) is 62.2 Å². The Kier molecular flexibility index (Phi) is 5.74. The lowest BCUT2D eigenvalue weighted by Crippen LogP contribution is -2.39. The highest BCUT2D eigenvalue weighted by molar-refractivity contribution is 5.92. The van der Waals surface area contributed by atoms with Crippen molar-refractivity contribution in [2.45, 2.75) is 46.2 Å². The molecule has 1 fully saturated rings. The minimum absolute atomic E-state index is 0.0555. The van der Waals surface area contributed by atoms with E-state index in [-0.39, 0.29) is 5.91 Å². The average molecular weight is 393 g/mol. The van der Waals surface area contributed by atoms with Crippen molar-refractivity contribution in [2.75, 3.05) is 13.1 Å². The largest absolute Gasteiger partial charge is 0.337 e. The maximum absolute atomic E-state index is 12.7. The van der Waals surface area contributed by atoms with Crippen LogP contribution in [0, 0.1) is 12.8 Å². The van der Waals surface area contributed by atoms with E-state index >= 15 is 0 Å². The smallest absolute Gasteiger partial charge is 0.274 e. The van der Waals surface area contributed by atoms with E-state index in [9.17, 15) is 4.79 Å². The summed E-state index contributed by atoms with van der Waals surface area (Å²) in [6.45, 7) is 7.46. The molecule has 3 aromatic rings. The van der Waals surface area contributed by atoms with Gasteiger partial charge in [-0.05, 0) is 57.2 Å². The number of imidazole rings is 1. The van der Waals surface area contributed by atoms with Crippen molar-refractivity contribution in [3.8, 4) is 11.4 Å². The molecule has 3 aromatic heterocycles. The van der Waals surface area contributed by atoms with Gasteiger partial charge in [-0.3, -0.25) is 14.5 Å². The third-order valence-corrected chi connectivity index (χ3v) is 5.82. The van der Waals surface area contributed by atoms with E-state index in [1.54, 1.807) is 10.9 Å². The first-order chi connectivity index (χ1) is 14.2. The summed E-state index contributed by atoms with van der Waals surface area (Å²) in [7, 11) is 0. The summed E-state index contributed by atoms with van der Waals surface area (Å²) >= 11 is 0. The van der Waals surface area contributed by atoms with Crippen LogP contribution in [0.25, 0.3) is 11.4 Å². The summed E-state index contributed by atoms with van der Waals surface area (Å²) in [4.78, 5) is 23.4. The Balaban J connectivity index is 1.33. The van der Waals surface area contributed by atoms with Crippen molar-refractivity contribution < 1.29 is 4.79 Å². The average Bonchev–Trinajstić information content (AvgIpc) is 3.39. The Hall–Kier alpha value is -2.96. The number of hydrogen-bond acceptors (Lipinski definition) is 4. The van der Waals surface area contributed by atoms with Crippen LogP contribution in [-0.2, 0) is 13.1 Å². The Labute approximate surface area is 171 Å². The van der Waals surface area contributed by atoms with Gasteiger partial charge in [0.2, 0.25) is 0 Å². The van der Waals surface area contributed by atoms with Crippen LogP contribution < -0.4 is 0 Å². The minimum Gasteiger partial charge on any atom is -0.337 e. The van der Waals surface area contributed by atoms with Crippen molar-refractivity contribution in [3.05, 3.63) is 54.4 Å². The van der Waals surface area contributed by atoms with Gasteiger partial charge >= 0.3 is 0 Å². The molecule has 1 aliphatic heterocycles. The number of carbonyl (C=O) groups is 1. The number of pyridine rings is 1. The van der Waals surface area contributed by atoms with Crippen LogP contribution in [0.15, 0.2) is 43.0 Å². The highest BCUT2D eigenvalue weighted by Crippen LogP contribution is 2.25. The van der Waals surface area contributed by atoms with Gasteiger partial charge in [-0.2, -0.15) is 5.10 Å². The molecule has 152 valence electrons. The van der Waals surface area contributed by atoms with Gasteiger partial charge < -0.3 is 9.47 Å². The van der Waals surface area contributed by atoms with Gasteiger partial charge in [-0.15, -0.1) is 0 Å². The molecule has 0 atom stereocenters. The van der Waals surface area contributed by atoms with Gasteiger partial charge in [0.05, 0.1) is 0 Å². The molecule has 0 unspecified atom stereocenters. The predicted octanol–water partition coefficient (Wildman–Crippen LogP) is 3.41. The fraction of sp³-hybridized carbons (Fsp3) is 0.455. The quantitative estimate of drug-likeness (QED) is 0.645. The molecular weight excluding hydrogens is 364 g/mol. The van der Waals surface area contributed by atoms with Crippen LogP contribution in [0.4, 0.5) is 0 Å². The SMILES string of the molecule is CCn1ccc(C(=O)N2CCC(CCn3c(C)cnc3-c3cccnc3)CC2)n1. The Morgan fingerprint density at radius 3 is 2.72 bits per heavy atom. The molecule has 1 amide bonds. The van der Waals surface area contributed by atoms with Gasteiger partial charge in [0.1, 0.15) is 11.5 Å². The van der Waals surface area contributed by atoms with Gasteiger partial charge in [-0.1, -0.05) is 0 Å². The molecule has 7 heteroatoms. The number of aryl methyl sites for hydroxylation is 2. The third kappa shape index (κ3) is 4.23. The molecule has 0 radical (unpaired) electrons. The topological polar surface area (TPSA) is 68.8 Å². The van der Waals surface area contributed by atoms with Gasteiger partial charge in [-0.25, -0.2) is 4.98 Å². The molecule has 4 heterocycles. The third-order valence-electron chi connectivity index (χ3n) is 5.82. The van der Waals surface area contributed by atoms with Crippen LogP contribution in [0.3, 0.4) is 0 Å². The summed E-state index contributed by atoms with van der Waals surface area (Å²) in [5, 5.41) is 4.35. The number of nitrogens with zero attached hydrogens (tertiary/aromatic N) is 6. The zero-order valence-electron chi connectivity index (χ0n) is 17.2. The number of amides is 1. The minimum atomic E-state index is 0.0555. The first-order valence-corrected chi connectivity index (χ1v) is 10.4. The number of likely N-dealkylation sites (tertiary alicyclic amines) is 1. The number of hydrogen-bond donors (Lipinski definition) is 0. The number of piperidine rings is 1. The summed E-state index contributed by atoms with van der Waals surface area (Å²) in [6, 6.07) is 5.81. The van der Waals surface area contributed by atoms with E-state index in [4.69, 9.17) is 0 Å². The van der Waals surface area contributed by atoms with Crippen molar-refractivity contribution in [1.82, 2.24) is 29.2 Å². The molecule has 7 nitrogen and oxygen atoms in total. The lowest BCUT2D eigenvalue weighted by molar-refractivity contribution is 0.0678. The Morgan fingerprint density at radius 1 is 1.21 bits per heavy atom. The fourth-order valence-corrected chi connectivity index (χ4v) is 4.02. The fourth-order valence-electron chi connectivity index (χ4n) is 4.02. The van der Waals surface area contributed by atoms with Crippen LogP contribution in [0.5, 0.6) is 0 Å². The van der Waals surface area contributed by atoms with Crippen LogP contribution in [0.2, 0.25) is 0 Å². The molecule has 0 aliphatic carbocycles. The lowest BCUT2D eigenvalue weighted by Gasteiger charge is -2.31. The summed E-state index contributed by atoms with van der Waals surface area (Å²) in [5.74, 6) is 1.66. The monoisotopic (exact) mass is 392 g/mol. The molecule has 0 aromatic carbocycles. The highest BCUT2D eigenvalue weighted by atomic mass is 16.2. The molecule has 29 heavy (non-hydrogen) atoms. The van der Waals surface area contributed by atoms with E-state index in [0.29, 0.717) is 11.6 Å². The maximum atomic E-state index is 12.7. The maximum Gasteiger partial charge on any atom is 0.274 e. The van der Waals surface area contributed by atoms with E-state index in [1.165, 1.54) is 5.69 Å². The Morgan fingerprint density at radius 2 is 2.03 bits per heavy atom. The van der Waals surface area contributed by atoms with Crippen molar-refractivity contribution in [1.29, 1.82) is 0 Å². The second kappa shape index (κ2) is 8.59. The van der Waals surface area contributed by atoms with Crippen molar-refractivity contribution in [2.24, 2.45) is 5.92 Å². The number of aromatic nitrogens is 5. The first kappa shape index (κ1) is 19.4. The summed E-state index contributed by atoms with van der Waals surface area (Å²) < 4.78 is 4.08. The van der Waals surface area contributed by atoms with E-state index in [1.807, 2.05) is 42.5 Å². The summed E-state index contributed by atoms with van der Waals surface area (Å²) in [5.41, 5.74) is 2.77. The number of carbonyl (C=O) groups excluding carboxylic acids is 1. The molecule has 4 rings (SSSR count). The second-order valence-corrected chi connectivity index (χ2v) is 7.70. The molecule has 0 N–H and O–H groups in total. The molecular formula is C22H28N6O. The van der Waals surface area contributed by atoms with Gasteiger partial charge in [0.15, 0.2) is 0 Å². The molecule has 0 spiro atoms. The van der Waals surface area contributed by atoms with E-state index in [2.05, 4.69) is 32.6 Å². The normalized spacial score (nSPS) is 15.0. The van der Waals surface area contributed by atoms with Crippen LogP contribution >= 0.6 is 0 Å². The van der Waals surface area contributed by atoms with E-state index < -0.39 is 0 Å². The standard InChI is InChI=1S/C22H28N6O/c1-3-27-13-9-20(25-27)22(29)26-11-6-18(7-12-26)8-14-28-17(2)15-24-21(28)19-5-4-10-23-16-19/h4-5,9-10,13,15-16,18H,3,6-8,11-12,14H2,1-2H3. The first-order valence-electron chi connectivity index (χ1n) is 10.4.